The third-order valence-electron chi connectivity index (χ3n) is 3.59. The maximum atomic E-state index is 13.0. The van der Waals surface area contributed by atoms with Gasteiger partial charge >= 0.3 is 0 Å². The highest BCUT2D eigenvalue weighted by molar-refractivity contribution is 7.92. The van der Waals surface area contributed by atoms with E-state index < -0.39 is 10.0 Å². The van der Waals surface area contributed by atoms with Gasteiger partial charge in [0.05, 0.1) is 0 Å². The van der Waals surface area contributed by atoms with Crippen LogP contribution in [0.25, 0.3) is 22.0 Å². The van der Waals surface area contributed by atoms with Gasteiger partial charge in [0.15, 0.2) is 5.03 Å². The summed E-state index contributed by atoms with van der Waals surface area (Å²) >= 11 is 1.17. The number of hydrogen-bond donors (Lipinski definition) is 2. The molecule has 0 radical (unpaired) electrons. The van der Waals surface area contributed by atoms with Gasteiger partial charge in [-0.1, -0.05) is 0 Å². The Bertz CT molecular complexity index is 1170. The van der Waals surface area contributed by atoms with Crippen LogP contribution in [-0.2, 0) is 10.0 Å². The van der Waals surface area contributed by atoms with Gasteiger partial charge in [-0.2, -0.15) is 13.6 Å². The molecule has 2 N–H and O–H groups in total. The first-order valence-electron chi connectivity index (χ1n) is 7.59. The van der Waals surface area contributed by atoms with E-state index in [0.29, 0.717) is 27.6 Å². The molecule has 2 aromatic carbocycles. The van der Waals surface area contributed by atoms with Gasteiger partial charge in [0.25, 0.3) is 10.0 Å². The Hall–Kier alpha value is -3.18. The summed E-state index contributed by atoms with van der Waals surface area (Å²) in [5.74, 6) is 0.0435. The van der Waals surface area contributed by atoms with E-state index in [9.17, 15) is 12.8 Å². The van der Waals surface area contributed by atoms with Crippen molar-refractivity contribution in [2.75, 3.05) is 4.72 Å². The van der Waals surface area contributed by atoms with E-state index >= 15 is 0 Å². The highest BCUT2D eigenvalue weighted by Crippen LogP contribution is 2.27. The zero-order valence-corrected chi connectivity index (χ0v) is 15.1. The molecule has 2 heterocycles. The summed E-state index contributed by atoms with van der Waals surface area (Å²) in [6.45, 7) is 0. The molecule has 0 amide bonds. The van der Waals surface area contributed by atoms with Crippen molar-refractivity contribution in [2.24, 2.45) is 0 Å². The number of thiazole rings is 1. The maximum absolute atomic E-state index is 13.0. The first kappa shape index (κ1) is 17.2. The molecule has 0 spiro atoms. The van der Waals surface area contributed by atoms with Gasteiger partial charge < -0.3 is 0 Å². The number of hydrogen-bond acceptors (Lipinski definition) is 7. The highest BCUT2D eigenvalue weighted by Gasteiger charge is 2.19. The molecule has 140 valence electrons. The number of anilines is 1. The quantitative estimate of drug-likeness (QED) is 0.525. The zero-order chi connectivity index (χ0) is 18.9. The van der Waals surface area contributed by atoms with E-state index in [1.807, 2.05) is 0 Å². The molecule has 0 bridgehead atoms. The monoisotopic (exact) mass is 406 g/mol. The summed E-state index contributed by atoms with van der Waals surface area (Å²) in [6, 6.07) is 12.2. The number of nitrogens with one attached hydrogen (secondary N) is 2. The second-order valence-electron chi connectivity index (χ2n) is 5.42. The van der Waals surface area contributed by atoms with Crippen molar-refractivity contribution in [1.82, 2.24) is 25.6 Å². The van der Waals surface area contributed by atoms with E-state index in [0.717, 1.165) is 0 Å². The number of aromatic amines is 1. The molecule has 0 aliphatic heterocycles. The van der Waals surface area contributed by atoms with E-state index in [1.165, 1.54) is 28.8 Å². The normalized spacial score (nSPS) is 11.4. The van der Waals surface area contributed by atoms with Gasteiger partial charge in [0.2, 0.25) is 5.82 Å². The lowest BCUT2D eigenvalue weighted by Crippen LogP contribution is -2.13. The van der Waals surface area contributed by atoms with Gasteiger partial charge in [0, 0.05) is 25.0 Å². The summed E-state index contributed by atoms with van der Waals surface area (Å²) < 4.78 is 40.6. The van der Waals surface area contributed by atoms with Crippen LogP contribution in [-0.4, -0.2) is 34.0 Å². The Morgan fingerprint density at radius 1 is 1.04 bits per heavy atom. The smallest absolute Gasteiger partial charge is 0.278 e. The van der Waals surface area contributed by atoms with Crippen LogP contribution in [0.1, 0.15) is 2.85 Å². The number of aromatic nitrogens is 5. The average molecular weight is 406 g/mol. The van der Waals surface area contributed by atoms with Crippen LogP contribution < -0.4 is 4.72 Å². The number of rotatable bonds is 5. The minimum atomic E-state index is -3.85. The molecule has 0 aliphatic carbocycles. The lowest BCUT2D eigenvalue weighted by Gasteiger charge is -2.06. The van der Waals surface area contributed by atoms with Crippen molar-refractivity contribution in [3.8, 4) is 22.0 Å². The number of benzene rings is 2. The molecule has 27 heavy (non-hydrogen) atoms. The molecule has 0 unspecified atom stereocenters. The highest BCUT2D eigenvalue weighted by atomic mass is 32.2. The van der Waals surface area contributed by atoms with Crippen molar-refractivity contribution in [1.29, 1.82) is 0 Å². The van der Waals surface area contributed by atoms with Crippen LogP contribution in [0.5, 0.6) is 0 Å². The Labute approximate surface area is 160 Å². The topological polar surface area (TPSA) is 114 Å². The average Bonchev–Trinajstić information content (AvgIpc) is 3.35. The first-order chi connectivity index (χ1) is 13.0. The lowest BCUT2D eigenvalue weighted by atomic mass is 10.2. The summed E-state index contributed by atoms with van der Waals surface area (Å²) in [4.78, 5) is 4.15. The van der Waals surface area contributed by atoms with Crippen molar-refractivity contribution >= 4 is 27.0 Å². The van der Waals surface area contributed by atoms with Crippen LogP contribution in [0.4, 0.5) is 10.1 Å². The SMILES string of the molecule is O=S(=O)(Nc1ccc(-c2nn[nH]n2)cc1)c1csc(-c2ccc(F)cc2)n1.[HH].[HH]. The Kier molecular flexibility index (Phi) is 4.38. The first-order valence-corrected chi connectivity index (χ1v) is 9.96. The van der Waals surface area contributed by atoms with E-state index in [2.05, 4.69) is 30.3 Å². The number of nitrogens with zero attached hydrogens (tertiary/aromatic N) is 4. The minimum absolute atomic E-state index is 0. The van der Waals surface area contributed by atoms with Crippen molar-refractivity contribution in [2.45, 2.75) is 5.03 Å². The Morgan fingerprint density at radius 2 is 1.74 bits per heavy atom. The molecule has 4 rings (SSSR count). The second-order valence-corrected chi connectivity index (χ2v) is 7.90. The fourth-order valence-electron chi connectivity index (χ4n) is 2.29. The predicted molar refractivity (Wildman–Crippen MR) is 102 cm³/mol. The molecular formula is C16H15FN6O2S2. The standard InChI is InChI=1S/C16H11FN6O2S2.2H2/c17-12-5-1-11(2-6-12)16-18-14(9-26-16)27(24,25)21-13-7-3-10(4-8-13)15-19-22-23-20-15;;/h1-9,21H,(H,19,20,22,23);2*1H. The molecule has 11 heteroatoms. The molecule has 2 aromatic heterocycles. The third-order valence-corrected chi connectivity index (χ3v) is 5.90. The molecule has 0 atom stereocenters. The number of tetrazole rings is 1. The molecule has 8 nitrogen and oxygen atoms in total. The fraction of sp³-hybridized carbons (Fsp3) is 0. The zero-order valence-electron chi connectivity index (χ0n) is 13.5. The third kappa shape index (κ3) is 3.68. The minimum Gasteiger partial charge on any atom is -0.278 e. The second kappa shape index (κ2) is 6.85. The fourth-order valence-corrected chi connectivity index (χ4v) is 4.45. The predicted octanol–water partition coefficient (Wildman–Crippen LogP) is 3.42. The lowest BCUT2D eigenvalue weighted by molar-refractivity contribution is 0.598. The van der Waals surface area contributed by atoms with Crippen LogP contribution in [0.2, 0.25) is 0 Å². The molecule has 0 saturated carbocycles. The van der Waals surface area contributed by atoms with E-state index in [4.69, 9.17) is 0 Å². The van der Waals surface area contributed by atoms with Crippen LogP contribution in [0, 0.1) is 5.82 Å². The van der Waals surface area contributed by atoms with Crippen LogP contribution >= 0.6 is 11.3 Å². The molecule has 0 aliphatic rings. The Morgan fingerprint density at radius 3 is 2.41 bits per heavy atom. The number of sulfonamides is 1. The number of halogens is 1. The van der Waals surface area contributed by atoms with Crippen molar-refractivity contribution < 1.29 is 15.7 Å². The van der Waals surface area contributed by atoms with Gasteiger partial charge in [-0.05, 0) is 53.7 Å². The molecular weight excluding hydrogens is 391 g/mol. The van der Waals surface area contributed by atoms with Crippen molar-refractivity contribution in [3.63, 3.8) is 0 Å². The molecule has 0 saturated heterocycles. The van der Waals surface area contributed by atoms with Crippen LogP contribution in [0.3, 0.4) is 0 Å². The summed E-state index contributed by atoms with van der Waals surface area (Å²) in [5, 5.41) is 15.4. The maximum Gasteiger partial charge on any atom is 0.280 e. The van der Waals surface area contributed by atoms with Gasteiger partial charge in [-0.25, -0.2) is 9.37 Å². The van der Waals surface area contributed by atoms with E-state index in [-0.39, 0.29) is 13.7 Å². The summed E-state index contributed by atoms with van der Waals surface area (Å²) in [7, 11) is -3.85. The molecule has 4 aromatic rings. The van der Waals surface area contributed by atoms with Gasteiger partial charge in [-0.15, -0.1) is 21.5 Å². The molecule has 0 fully saturated rings. The summed E-state index contributed by atoms with van der Waals surface area (Å²) in [6.07, 6.45) is 0. The van der Waals surface area contributed by atoms with Gasteiger partial charge in [-0.3, -0.25) is 4.72 Å². The van der Waals surface area contributed by atoms with Gasteiger partial charge in [0.1, 0.15) is 10.8 Å². The largest absolute Gasteiger partial charge is 0.280 e. The summed E-state index contributed by atoms with van der Waals surface area (Å²) in [5.41, 5.74) is 1.71. The van der Waals surface area contributed by atoms with E-state index in [1.54, 1.807) is 36.4 Å². The number of H-pyrrole nitrogens is 1. The van der Waals surface area contributed by atoms with Crippen molar-refractivity contribution in [3.05, 3.63) is 59.7 Å². The van der Waals surface area contributed by atoms with Crippen LogP contribution in [0.15, 0.2) is 58.9 Å². The Balaban J connectivity index is 0.00000150.